The SMILES string of the molecule is COC(=O)C1CCCC(C)C1.Cl. The minimum absolute atomic E-state index is 0. The van der Waals surface area contributed by atoms with E-state index in [1.54, 1.807) is 0 Å². The first-order valence-electron chi connectivity index (χ1n) is 4.32. The number of hydrogen-bond donors (Lipinski definition) is 0. The topological polar surface area (TPSA) is 26.3 Å². The predicted molar refractivity (Wildman–Crippen MR) is 50.4 cm³/mol. The van der Waals surface area contributed by atoms with E-state index in [-0.39, 0.29) is 24.3 Å². The molecule has 2 nitrogen and oxygen atoms in total. The number of carbonyl (C=O) groups is 1. The van der Waals surface area contributed by atoms with Crippen molar-refractivity contribution in [3.63, 3.8) is 0 Å². The second-order valence-corrected chi connectivity index (χ2v) is 3.49. The fourth-order valence-electron chi connectivity index (χ4n) is 1.81. The first-order chi connectivity index (χ1) is 5.24. The van der Waals surface area contributed by atoms with Gasteiger partial charge in [0.1, 0.15) is 0 Å². The molecule has 2 unspecified atom stereocenters. The summed E-state index contributed by atoms with van der Waals surface area (Å²) >= 11 is 0. The molecule has 0 saturated heterocycles. The van der Waals surface area contributed by atoms with Gasteiger partial charge in [-0.1, -0.05) is 19.8 Å². The summed E-state index contributed by atoms with van der Waals surface area (Å²) in [6.07, 6.45) is 4.50. The molecule has 0 aromatic rings. The minimum atomic E-state index is -0.0171. The molecule has 2 atom stereocenters. The molecule has 0 radical (unpaired) electrons. The van der Waals surface area contributed by atoms with Crippen LogP contribution in [0.3, 0.4) is 0 Å². The van der Waals surface area contributed by atoms with Crippen LogP contribution in [0.25, 0.3) is 0 Å². The summed E-state index contributed by atoms with van der Waals surface area (Å²) in [5, 5.41) is 0. The molecule has 72 valence electrons. The van der Waals surface area contributed by atoms with Crippen molar-refractivity contribution < 1.29 is 9.53 Å². The molecule has 1 saturated carbocycles. The molecule has 0 N–H and O–H groups in total. The average molecular weight is 193 g/mol. The Morgan fingerprint density at radius 3 is 2.58 bits per heavy atom. The number of carbonyl (C=O) groups excluding carboxylic acids is 1. The van der Waals surface area contributed by atoms with E-state index in [0.717, 1.165) is 12.8 Å². The van der Waals surface area contributed by atoms with E-state index in [2.05, 4.69) is 6.92 Å². The lowest BCUT2D eigenvalue weighted by molar-refractivity contribution is -0.147. The molecule has 1 rings (SSSR count). The highest BCUT2D eigenvalue weighted by molar-refractivity contribution is 5.85. The quantitative estimate of drug-likeness (QED) is 0.597. The molecule has 0 spiro atoms. The predicted octanol–water partition coefficient (Wildman–Crippen LogP) is 2.41. The fourth-order valence-corrected chi connectivity index (χ4v) is 1.81. The lowest BCUT2D eigenvalue weighted by Gasteiger charge is -2.24. The van der Waals surface area contributed by atoms with Gasteiger partial charge in [-0.15, -0.1) is 12.4 Å². The molecule has 0 aromatic carbocycles. The first-order valence-corrected chi connectivity index (χ1v) is 4.32. The van der Waals surface area contributed by atoms with Crippen LogP contribution < -0.4 is 0 Å². The van der Waals surface area contributed by atoms with Gasteiger partial charge < -0.3 is 4.74 Å². The van der Waals surface area contributed by atoms with Gasteiger partial charge in [0, 0.05) is 0 Å². The number of rotatable bonds is 1. The fraction of sp³-hybridized carbons (Fsp3) is 0.889. The number of methoxy groups -OCH3 is 1. The Balaban J connectivity index is 0.00000121. The van der Waals surface area contributed by atoms with Crippen LogP contribution in [-0.4, -0.2) is 13.1 Å². The monoisotopic (exact) mass is 192 g/mol. The molecule has 0 amide bonds. The minimum Gasteiger partial charge on any atom is -0.469 e. The zero-order chi connectivity index (χ0) is 8.27. The van der Waals surface area contributed by atoms with Gasteiger partial charge in [-0.2, -0.15) is 0 Å². The van der Waals surface area contributed by atoms with E-state index in [1.165, 1.54) is 20.0 Å². The summed E-state index contributed by atoms with van der Waals surface area (Å²) in [5.41, 5.74) is 0. The van der Waals surface area contributed by atoms with Crippen LogP contribution in [0.2, 0.25) is 0 Å². The van der Waals surface area contributed by atoms with Crippen LogP contribution in [0.4, 0.5) is 0 Å². The van der Waals surface area contributed by atoms with Crippen LogP contribution in [0.15, 0.2) is 0 Å². The van der Waals surface area contributed by atoms with Gasteiger partial charge in [-0.3, -0.25) is 4.79 Å². The van der Waals surface area contributed by atoms with E-state index in [9.17, 15) is 4.79 Å². The molecule has 0 heterocycles. The van der Waals surface area contributed by atoms with Crippen molar-refractivity contribution in [3.05, 3.63) is 0 Å². The largest absolute Gasteiger partial charge is 0.469 e. The Morgan fingerprint density at radius 2 is 2.08 bits per heavy atom. The highest BCUT2D eigenvalue weighted by Crippen LogP contribution is 2.28. The summed E-state index contributed by atoms with van der Waals surface area (Å²) in [5.74, 6) is 0.869. The van der Waals surface area contributed by atoms with E-state index in [4.69, 9.17) is 4.74 Å². The van der Waals surface area contributed by atoms with Crippen molar-refractivity contribution in [1.82, 2.24) is 0 Å². The van der Waals surface area contributed by atoms with Gasteiger partial charge >= 0.3 is 5.97 Å². The Labute approximate surface area is 80.1 Å². The zero-order valence-electron chi connectivity index (χ0n) is 7.71. The third-order valence-corrected chi connectivity index (χ3v) is 2.47. The van der Waals surface area contributed by atoms with Crippen molar-refractivity contribution in [1.29, 1.82) is 0 Å². The van der Waals surface area contributed by atoms with E-state index < -0.39 is 0 Å². The van der Waals surface area contributed by atoms with Crippen LogP contribution >= 0.6 is 12.4 Å². The zero-order valence-corrected chi connectivity index (χ0v) is 8.52. The number of hydrogen-bond acceptors (Lipinski definition) is 2. The molecule has 3 heteroatoms. The van der Waals surface area contributed by atoms with Crippen molar-refractivity contribution in [3.8, 4) is 0 Å². The maximum atomic E-state index is 11.1. The second kappa shape index (κ2) is 5.41. The van der Waals surface area contributed by atoms with E-state index in [1.807, 2.05) is 0 Å². The number of ether oxygens (including phenoxy) is 1. The van der Waals surface area contributed by atoms with Crippen LogP contribution in [-0.2, 0) is 9.53 Å². The van der Waals surface area contributed by atoms with E-state index >= 15 is 0 Å². The molecule has 12 heavy (non-hydrogen) atoms. The summed E-state index contributed by atoms with van der Waals surface area (Å²) in [6.45, 7) is 2.20. The van der Waals surface area contributed by atoms with E-state index in [0.29, 0.717) is 5.92 Å². The molecule has 0 bridgehead atoms. The molecule has 1 fully saturated rings. The van der Waals surface area contributed by atoms with Crippen molar-refractivity contribution in [2.45, 2.75) is 32.6 Å². The second-order valence-electron chi connectivity index (χ2n) is 3.49. The summed E-state index contributed by atoms with van der Waals surface area (Å²) in [7, 11) is 1.47. The smallest absolute Gasteiger partial charge is 0.308 e. The third-order valence-electron chi connectivity index (χ3n) is 2.47. The Kier molecular flexibility index (Phi) is 5.31. The third kappa shape index (κ3) is 3.02. The van der Waals surface area contributed by atoms with Gasteiger partial charge in [0.25, 0.3) is 0 Å². The molecule has 1 aliphatic rings. The summed E-state index contributed by atoms with van der Waals surface area (Å²) < 4.78 is 4.70. The van der Waals surface area contributed by atoms with Crippen molar-refractivity contribution in [2.75, 3.05) is 7.11 Å². The van der Waals surface area contributed by atoms with Gasteiger partial charge in [0.05, 0.1) is 13.0 Å². The summed E-state index contributed by atoms with van der Waals surface area (Å²) in [4.78, 5) is 11.1. The number of halogens is 1. The maximum Gasteiger partial charge on any atom is 0.308 e. The standard InChI is InChI=1S/C9H16O2.ClH/c1-7-4-3-5-8(6-7)9(10)11-2;/h7-8H,3-6H2,1-2H3;1H. The van der Waals surface area contributed by atoms with Gasteiger partial charge in [0.2, 0.25) is 0 Å². The highest BCUT2D eigenvalue weighted by Gasteiger charge is 2.25. The Bertz CT molecular complexity index is 147. The van der Waals surface area contributed by atoms with Crippen LogP contribution in [0.5, 0.6) is 0 Å². The lowest BCUT2D eigenvalue weighted by Crippen LogP contribution is -2.22. The first kappa shape index (κ1) is 11.8. The molecular formula is C9H17ClO2. The maximum absolute atomic E-state index is 11.1. The number of esters is 1. The van der Waals surface area contributed by atoms with Crippen LogP contribution in [0.1, 0.15) is 32.6 Å². The molecule has 0 aliphatic heterocycles. The van der Waals surface area contributed by atoms with Gasteiger partial charge in [-0.25, -0.2) is 0 Å². The molecule has 1 aliphatic carbocycles. The highest BCUT2D eigenvalue weighted by atomic mass is 35.5. The average Bonchev–Trinajstić information content (AvgIpc) is 2.03. The molecular weight excluding hydrogens is 176 g/mol. The lowest BCUT2D eigenvalue weighted by atomic mass is 9.82. The van der Waals surface area contributed by atoms with Crippen molar-refractivity contribution >= 4 is 18.4 Å². The molecule has 0 aromatic heterocycles. The van der Waals surface area contributed by atoms with Gasteiger partial charge in [0.15, 0.2) is 0 Å². The Hall–Kier alpha value is -0.240. The van der Waals surface area contributed by atoms with Crippen LogP contribution in [0, 0.1) is 11.8 Å². The normalized spacial score (nSPS) is 28.8. The summed E-state index contributed by atoms with van der Waals surface area (Å²) in [6, 6.07) is 0. The Morgan fingerprint density at radius 1 is 1.42 bits per heavy atom. The van der Waals surface area contributed by atoms with Gasteiger partial charge in [-0.05, 0) is 18.8 Å². The van der Waals surface area contributed by atoms with Crippen molar-refractivity contribution in [2.24, 2.45) is 11.8 Å².